The van der Waals surface area contributed by atoms with Crippen LogP contribution in [0.15, 0.2) is 84.9 Å². The lowest BCUT2D eigenvalue weighted by Gasteiger charge is -2.11. The molecule has 0 amide bonds. The maximum Gasteiger partial charge on any atom is 0.187 e. The van der Waals surface area contributed by atoms with E-state index in [1.165, 1.54) is 0 Å². The van der Waals surface area contributed by atoms with E-state index in [0.717, 1.165) is 28.2 Å². The number of aromatic nitrogens is 4. The van der Waals surface area contributed by atoms with Gasteiger partial charge in [-0.25, -0.2) is 0 Å². The Balaban J connectivity index is 1.90. The van der Waals surface area contributed by atoms with Crippen LogP contribution in [-0.4, -0.2) is 20.2 Å². The lowest BCUT2D eigenvalue weighted by atomic mass is 10.0. The molecule has 0 atom stereocenters. The summed E-state index contributed by atoms with van der Waals surface area (Å²) in [5.74, 6) is 0.731. The van der Waals surface area contributed by atoms with Crippen molar-refractivity contribution in [1.82, 2.24) is 20.2 Å². The van der Waals surface area contributed by atoms with E-state index in [1.807, 2.05) is 66.7 Å². The van der Waals surface area contributed by atoms with Gasteiger partial charge >= 0.3 is 0 Å². The van der Waals surface area contributed by atoms with E-state index in [1.54, 1.807) is 4.68 Å². The maximum atomic E-state index is 4.20. The molecule has 0 bridgehead atoms. The predicted octanol–water partition coefficient (Wildman–Crippen LogP) is 4.00. The fourth-order valence-corrected chi connectivity index (χ4v) is 2.64. The molecule has 4 aromatic rings. The average molecular weight is 298 g/mol. The minimum atomic E-state index is 0.731. The third kappa shape index (κ3) is 2.51. The number of benzene rings is 3. The van der Waals surface area contributed by atoms with Crippen LogP contribution in [0.2, 0.25) is 0 Å². The summed E-state index contributed by atoms with van der Waals surface area (Å²) >= 11 is 0. The van der Waals surface area contributed by atoms with Gasteiger partial charge in [-0.05, 0) is 22.1 Å². The fourth-order valence-electron chi connectivity index (χ4n) is 2.64. The molecule has 0 spiro atoms. The quantitative estimate of drug-likeness (QED) is 0.574. The van der Waals surface area contributed by atoms with Crippen molar-refractivity contribution in [2.24, 2.45) is 0 Å². The molecule has 0 fully saturated rings. The van der Waals surface area contributed by atoms with Gasteiger partial charge in [-0.2, -0.15) is 4.68 Å². The highest BCUT2D eigenvalue weighted by molar-refractivity contribution is 5.74. The highest BCUT2D eigenvalue weighted by atomic mass is 15.5. The Morgan fingerprint density at radius 1 is 0.609 bits per heavy atom. The van der Waals surface area contributed by atoms with Crippen molar-refractivity contribution >= 4 is 0 Å². The molecule has 4 nitrogen and oxygen atoms in total. The zero-order valence-corrected chi connectivity index (χ0v) is 12.4. The molecule has 0 saturated heterocycles. The van der Waals surface area contributed by atoms with Crippen molar-refractivity contribution < 1.29 is 0 Å². The molecule has 0 saturated carbocycles. The highest BCUT2D eigenvalue weighted by Crippen LogP contribution is 2.28. The van der Waals surface area contributed by atoms with Gasteiger partial charge in [0, 0.05) is 11.1 Å². The topological polar surface area (TPSA) is 43.6 Å². The van der Waals surface area contributed by atoms with E-state index in [-0.39, 0.29) is 0 Å². The van der Waals surface area contributed by atoms with Gasteiger partial charge in [0.2, 0.25) is 0 Å². The van der Waals surface area contributed by atoms with Gasteiger partial charge in [-0.3, -0.25) is 0 Å². The number of rotatable bonds is 3. The fraction of sp³-hybridized carbons (Fsp3) is 0. The molecular formula is C19H14N4. The number of tetrazole rings is 1. The molecule has 0 aliphatic rings. The summed E-state index contributed by atoms with van der Waals surface area (Å²) in [6.07, 6.45) is 0. The van der Waals surface area contributed by atoms with Crippen LogP contribution in [0.4, 0.5) is 0 Å². The zero-order valence-electron chi connectivity index (χ0n) is 12.4. The van der Waals surface area contributed by atoms with Crippen LogP contribution in [0.3, 0.4) is 0 Å². The first-order valence-electron chi connectivity index (χ1n) is 7.42. The minimum Gasteiger partial charge on any atom is -0.192 e. The predicted molar refractivity (Wildman–Crippen MR) is 90.0 cm³/mol. The van der Waals surface area contributed by atoms with Gasteiger partial charge in [-0.1, -0.05) is 78.9 Å². The van der Waals surface area contributed by atoms with Gasteiger partial charge in [0.25, 0.3) is 0 Å². The normalized spacial score (nSPS) is 10.6. The van der Waals surface area contributed by atoms with Gasteiger partial charge in [0.05, 0.1) is 5.69 Å². The largest absolute Gasteiger partial charge is 0.192 e. The minimum absolute atomic E-state index is 0.731. The summed E-state index contributed by atoms with van der Waals surface area (Å²) < 4.78 is 1.79. The molecule has 1 aromatic heterocycles. The molecule has 0 aliphatic carbocycles. The standard InChI is InChI=1S/C19H14N4/c1-3-9-15(10-4-1)17-13-7-8-14-18(17)23-19(20-21-22-23)16-11-5-2-6-12-16/h1-14H. The zero-order chi connectivity index (χ0) is 15.5. The summed E-state index contributed by atoms with van der Waals surface area (Å²) in [7, 11) is 0. The van der Waals surface area contributed by atoms with Crippen LogP contribution in [-0.2, 0) is 0 Å². The summed E-state index contributed by atoms with van der Waals surface area (Å²) in [6, 6.07) is 28.4. The Labute approximate surface area is 134 Å². The van der Waals surface area contributed by atoms with Crippen LogP contribution in [0.1, 0.15) is 0 Å². The Morgan fingerprint density at radius 3 is 1.96 bits per heavy atom. The second-order valence-electron chi connectivity index (χ2n) is 5.16. The lowest BCUT2D eigenvalue weighted by molar-refractivity contribution is 0.792. The van der Waals surface area contributed by atoms with E-state index in [4.69, 9.17) is 0 Å². The first kappa shape index (κ1) is 13.4. The Kier molecular flexibility index (Phi) is 3.41. The van der Waals surface area contributed by atoms with Crippen molar-refractivity contribution in [3.63, 3.8) is 0 Å². The maximum absolute atomic E-state index is 4.20. The van der Waals surface area contributed by atoms with Crippen molar-refractivity contribution in [1.29, 1.82) is 0 Å². The number of nitrogens with zero attached hydrogens (tertiary/aromatic N) is 4. The molecule has 23 heavy (non-hydrogen) atoms. The smallest absolute Gasteiger partial charge is 0.187 e. The molecule has 110 valence electrons. The number of para-hydroxylation sites is 1. The van der Waals surface area contributed by atoms with E-state index in [9.17, 15) is 0 Å². The van der Waals surface area contributed by atoms with Crippen molar-refractivity contribution in [3.8, 4) is 28.2 Å². The molecule has 0 unspecified atom stereocenters. The Hall–Kier alpha value is -3.27. The van der Waals surface area contributed by atoms with E-state index >= 15 is 0 Å². The number of hydrogen-bond donors (Lipinski definition) is 0. The summed E-state index contributed by atoms with van der Waals surface area (Å²) in [5, 5.41) is 12.3. The second-order valence-corrected chi connectivity index (χ2v) is 5.16. The van der Waals surface area contributed by atoms with E-state index in [0.29, 0.717) is 0 Å². The van der Waals surface area contributed by atoms with Crippen LogP contribution >= 0.6 is 0 Å². The molecule has 3 aromatic carbocycles. The molecule has 4 heteroatoms. The van der Waals surface area contributed by atoms with Gasteiger partial charge in [0.15, 0.2) is 5.82 Å². The second kappa shape index (κ2) is 5.85. The van der Waals surface area contributed by atoms with E-state index < -0.39 is 0 Å². The summed E-state index contributed by atoms with van der Waals surface area (Å²) in [4.78, 5) is 0. The molecule has 0 aliphatic heterocycles. The van der Waals surface area contributed by atoms with Crippen LogP contribution in [0.25, 0.3) is 28.2 Å². The van der Waals surface area contributed by atoms with Crippen LogP contribution in [0, 0.1) is 0 Å². The number of hydrogen-bond acceptors (Lipinski definition) is 3. The van der Waals surface area contributed by atoms with Gasteiger partial charge < -0.3 is 0 Å². The Bertz CT molecular complexity index is 914. The molecule has 1 heterocycles. The van der Waals surface area contributed by atoms with E-state index in [2.05, 4.69) is 33.7 Å². The van der Waals surface area contributed by atoms with Gasteiger partial charge in [-0.15, -0.1) is 5.10 Å². The van der Waals surface area contributed by atoms with Crippen LogP contribution < -0.4 is 0 Å². The van der Waals surface area contributed by atoms with Crippen molar-refractivity contribution in [2.75, 3.05) is 0 Å². The molecule has 4 rings (SSSR count). The molecular weight excluding hydrogens is 284 g/mol. The first-order valence-corrected chi connectivity index (χ1v) is 7.42. The first-order chi connectivity index (χ1) is 11.4. The van der Waals surface area contributed by atoms with Crippen LogP contribution in [0.5, 0.6) is 0 Å². The van der Waals surface area contributed by atoms with Crippen molar-refractivity contribution in [3.05, 3.63) is 84.9 Å². The SMILES string of the molecule is c1ccc(-c2ccccc2-n2nnnc2-c2ccccc2)cc1. The summed E-state index contributed by atoms with van der Waals surface area (Å²) in [6.45, 7) is 0. The lowest BCUT2D eigenvalue weighted by Crippen LogP contribution is -2.02. The Morgan fingerprint density at radius 2 is 1.22 bits per heavy atom. The third-order valence-electron chi connectivity index (χ3n) is 3.72. The molecule has 0 radical (unpaired) electrons. The highest BCUT2D eigenvalue weighted by Gasteiger charge is 2.14. The van der Waals surface area contributed by atoms with Gasteiger partial charge in [0.1, 0.15) is 0 Å². The summed E-state index contributed by atoms with van der Waals surface area (Å²) in [5.41, 5.74) is 4.18. The molecule has 0 N–H and O–H groups in total. The third-order valence-corrected chi connectivity index (χ3v) is 3.72. The van der Waals surface area contributed by atoms with Crippen molar-refractivity contribution in [2.45, 2.75) is 0 Å². The monoisotopic (exact) mass is 298 g/mol. The average Bonchev–Trinajstić information content (AvgIpc) is 3.13.